The lowest BCUT2D eigenvalue weighted by atomic mass is 9.61. The van der Waals surface area contributed by atoms with Crippen molar-refractivity contribution in [3.8, 4) is 6.07 Å². The maximum absolute atomic E-state index is 13.4. The number of benzene rings is 1. The van der Waals surface area contributed by atoms with E-state index in [4.69, 9.17) is 5.26 Å². The molecular formula is C17H22FNO. The molecule has 20 heavy (non-hydrogen) atoms. The van der Waals surface area contributed by atoms with Crippen molar-refractivity contribution in [1.29, 1.82) is 5.26 Å². The number of hydrogen-bond donors (Lipinski definition) is 1. The normalized spacial score (nSPS) is 26.8. The van der Waals surface area contributed by atoms with E-state index in [-0.39, 0.29) is 16.9 Å². The lowest BCUT2D eigenvalue weighted by Gasteiger charge is -2.45. The van der Waals surface area contributed by atoms with E-state index in [1.165, 1.54) is 18.6 Å². The average Bonchev–Trinajstić information content (AvgIpc) is 2.37. The van der Waals surface area contributed by atoms with Crippen molar-refractivity contribution >= 4 is 0 Å². The predicted octanol–water partition coefficient (Wildman–Crippen LogP) is 4.19. The van der Waals surface area contributed by atoms with E-state index in [9.17, 15) is 9.50 Å². The molecule has 0 aromatic heterocycles. The number of nitrogens with zero attached hydrogens (tertiary/aromatic N) is 1. The van der Waals surface area contributed by atoms with Crippen molar-refractivity contribution in [1.82, 2.24) is 0 Å². The van der Waals surface area contributed by atoms with Crippen LogP contribution in [0.2, 0.25) is 0 Å². The second-order valence-corrected chi connectivity index (χ2v) is 6.68. The maximum Gasteiger partial charge on any atom is 0.140 e. The fourth-order valence-corrected chi connectivity index (χ4v) is 3.75. The van der Waals surface area contributed by atoms with Crippen LogP contribution in [0.15, 0.2) is 18.2 Å². The third-order valence-corrected chi connectivity index (χ3v) is 4.79. The molecule has 0 spiro atoms. The molecule has 3 atom stereocenters. The summed E-state index contributed by atoms with van der Waals surface area (Å²) in [6.07, 6.45) is 2.74. The number of halogens is 1. The highest BCUT2D eigenvalue weighted by Gasteiger charge is 2.41. The Kier molecular flexibility index (Phi) is 4.15. The first-order valence-electron chi connectivity index (χ1n) is 7.24. The summed E-state index contributed by atoms with van der Waals surface area (Å²) in [5.41, 5.74) is 0.704. The van der Waals surface area contributed by atoms with Crippen LogP contribution in [-0.4, -0.2) is 5.11 Å². The Morgan fingerprint density at radius 2 is 2.15 bits per heavy atom. The lowest BCUT2D eigenvalue weighted by Crippen LogP contribution is -2.37. The Hall–Kier alpha value is -1.40. The fraction of sp³-hybridized carbons (Fsp3) is 0.588. The Labute approximate surface area is 120 Å². The first kappa shape index (κ1) is 15.0. The van der Waals surface area contributed by atoms with Gasteiger partial charge in [-0.2, -0.15) is 5.26 Å². The van der Waals surface area contributed by atoms with Crippen LogP contribution >= 0.6 is 0 Å². The monoisotopic (exact) mass is 275 g/mol. The number of hydrogen-bond acceptors (Lipinski definition) is 2. The van der Waals surface area contributed by atoms with Gasteiger partial charge in [0.2, 0.25) is 0 Å². The largest absolute Gasteiger partial charge is 0.388 e. The van der Waals surface area contributed by atoms with Crippen molar-refractivity contribution in [3.63, 3.8) is 0 Å². The number of aliphatic hydroxyl groups is 1. The first-order chi connectivity index (χ1) is 9.36. The standard InChI is InChI=1S/C17H22FNO/c1-11-5-4-8-17(2,3)15(11)16(20)12-6-7-14(18)13(9-12)10-19/h6-7,9,11,15-16,20H,4-5,8H2,1-3H3/t11-,15-,16-/m0/s1. The molecule has 1 aromatic carbocycles. The summed E-state index contributed by atoms with van der Waals surface area (Å²) < 4.78 is 13.4. The highest BCUT2D eigenvalue weighted by molar-refractivity contribution is 5.35. The molecule has 1 fully saturated rings. The van der Waals surface area contributed by atoms with Gasteiger partial charge in [-0.25, -0.2) is 4.39 Å². The van der Waals surface area contributed by atoms with Crippen molar-refractivity contribution in [3.05, 3.63) is 35.1 Å². The third kappa shape index (κ3) is 2.71. The molecule has 0 unspecified atom stereocenters. The summed E-state index contributed by atoms with van der Waals surface area (Å²) in [5, 5.41) is 19.6. The van der Waals surface area contributed by atoms with E-state index in [0.717, 1.165) is 12.8 Å². The molecule has 1 saturated carbocycles. The Morgan fingerprint density at radius 3 is 2.75 bits per heavy atom. The third-order valence-electron chi connectivity index (χ3n) is 4.79. The number of aliphatic hydroxyl groups excluding tert-OH is 1. The van der Waals surface area contributed by atoms with Gasteiger partial charge in [-0.1, -0.05) is 39.7 Å². The van der Waals surface area contributed by atoms with Gasteiger partial charge >= 0.3 is 0 Å². The second kappa shape index (κ2) is 5.54. The van der Waals surface area contributed by atoms with Gasteiger partial charge in [0.1, 0.15) is 11.9 Å². The van der Waals surface area contributed by atoms with Crippen molar-refractivity contribution < 1.29 is 9.50 Å². The van der Waals surface area contributed by atoms with Crippen LogP contribution in [0.3, 0.4) is 0 Å². The van der Waals surface area contributed by atoms with Gasteiger partial charge in [0.15, 0.2) is 0 Å². The molecule has 0 saturated heterocycles. The molecule has 2 rings (SSSR count). The summed E-state index contributed by atoms with van der Waals surface area (Å²) in [6.45, 7) is 6.54. The van der Waals surface area contributed by atoms with E-state index in [0.29, 0.717) is 11.5 Å². The van der Waals surface area contributed by atoms with E-state index in [1.807, 2.05) is 6.07 Å². The summed E-state index contributed by atoms with van der Waals surface area (Å²) in [5.74, 6) is 0.0250. The molecule has 2 nitrogen and oxygen atoms in total. The zero-order valence-electron chi connectivity index (χ0n) is 12.4. The summed E-state index contributed by atoms with van der Waals surface area (Å²) in [4.78, 5) is 0. The topological polar surface area (TPSA) is 44.0 Å². The van der Waals surface area contributed by atoms with E-state index < -0.39 is 11.9 Å². The van der Waals surface area contributed by atoms with Gasteiger partial charge in [-0.15, -0.1) is 0 Å². The molecule has 1 N–H and O–H groups in total. The predicted molar refractivity (Wildman–Crippen MR) is 76.4 cm³/mol. The van der Waals surface area contributed by atoms with Crippen LogP contribution in [0.1, 0.15) is 57.3 Å². The van der Waals surface area contributed by atoms with Crippen molar-refractivity contribution in [2.45, 2.75) is 46.1 Å². The van der Waals surface area contributed by atoms with Gasteiger partial charge < -0.3 is 5.11 Å². The molecule has 0 bridgehead atoms. The zero-order valence-corrected chi connectivity index (χ0v) is 12.4. The highest BCUT2D eigenvalue weighted by Crippen LogP contribution is 2.49. The van der Waals surface area contributed by atoms with Crippen LogP contribution in [-0.2, 0) is 0 Å². The minimum absolute atomic E-state index is 0.00261. The summed E-state index contributed by atoms with van der Waals surface area (Å²) >= 11 is 0. The molecular weight excluding hydrogens is 253 g/mol. The van der Waals surface area contributed by atoms with Gasteiger partial charge in [-0.05, 0) is 41.4 Å². The minimum atomic E-state index is -0.645. The summed E-state index contributed by atoms with van der Waals surface area (Å²) in [7, 11) is 0. The van der Waals surface area contributed by atoms with Crippen molar-refractivity contribution in [2.75, 3.05) is 0 Å². The second-order valence-electron chi connectivity index (χ2n) is 6.68. The quantitative estimate of drug-likeness (QED) is 0.879. The van der Waals surface area contributed by atoms with Gasteiger partial charge in [-0.3, -0.25) is 0 Å². The molecule has 1 aromatic rings. The van der Waals surface area contributed by atoms with E-state index in [1.54, 1.807) is 6.07 Å². The smallest absolute Gasteiger partial charge is 0.140 e. The van der Waals surface area contributed by atoms with Gasteiger partial charge in [0, 0.05) is 0 Å². The molecule has 0 aliphatic heterocycles. The minimum Gasteiger partial charge on any atom is -0.388 e. The first-order valence-corrected chi connectivity index (χ1v) is 7.24. The molecule has 1 aliphatic rings. The molecule has 0 radical (unpaired) electrons. The van der Waals surface area contributed by atoms with Crippen LogP contribution < -0.4 is 0 Å². The SMILES string of the molecule is C[C@H]1CCCC(C)(C)[C@@H]1[C@@H](O)c1ccc(F)c(C#N)c1. The number of nitriles is 1. The summed E-state index contributed by atoms with van der Waals surface area (Å²) in [6, 6.07) is 6.19. The average molecular weight is 275 g/mol. The van der Waals surface area contributed by atoms with Gasteiger partial charge in [0.25, 0.3) is 0 Å². The Bertz CT molecular complexity index is 532. The lowest BCUT2D eigenvalue weighted by molar-refractivity contribution is -0.0293. The van der Waals surface area contributed by atoms with E-state index >= 15 is 0 Å². The number of rotatable bonds is 2. The Balaban J connectivity index is 2.34. The van der Waals surface area contributed by atoms with Crippen LogP contribution in [0.25, 0.3) is 0 Å². The molecule has 1 aliphatic carbocycles. The molecule has 0 heterocycles. The van der Waals surface area contributed by atoms with Crippen LogP contribution in [0.5, 0.6) is 0 Å². The Morgan fingerprint density at radius 1 is 1.45 bits per heavy atom. The highest BCUT2D eigenvalue weighted by atomic mass is 19.1. The van der Waals surface area contributed by atoms with Crippen LogP contribution in [0.4, 0.5) is 4.39 Å². The zero-order chi connectivity index (χ0) is 14.9. The van der Waals surface area contributed by atoms with E-state index in [2.05, 4.69) is 20.8 Å². The fourth-order valence-electron chi connectivity index (χ4n) is 3.75. The molecule has 0 amide bonds. The molecule has 108 valence electrons. The molecule has 3 heteroatoms. The maximum atomic E-state index is 13.4. The van der Waals surface area contributed by atoms with Crippen LogP contribution in [0, 0.1) is 34.4 Å². The van der Waals surface area contributed by atoms with Gasteiger partial charge in [0.05, 0.1) is 11.7 Å². The van der Waals surface area contributed by atoms with Crippen molar-refractivity contribution in [2.24, 2.45) is 17.3 Å².